The Morgan fingerprint density at radius 2 is 1.76 bits per heavy atom. The van der Waals surface area contributed by atoms with Gasteiger partial charge in [0.05, 0.1) is 10.6 Å². The molecule has 4 aromatic rings. The van der Waals surface area contributed by atoms with Crippen molar-refractivity contribution in [2.45, 2.75) is 38.5 Å². The van der Waals surface area contributed by atoms with Crippen LogP contribution >= 0.6 is 0 Å². The third kappa shape index (κ3) is 4.71. The molecule has 2 aromatic heterocycles. The number of rotatable bonds is 7. The summed E-state index contributed by atoms with van der Waals surface area (Å²) in [5.74, 6) is 0.480. The number of hydrogen-bond acceptors (Lipinski definition) is 6. The van der Waals surface area contributed by atoms with Crippen molar-refractivity contribution in [1.29, 1.82) is 0 Å². The summed E-state index contributed by atoms with van der Waals surface area (Å²) in [7, 11) is -3.77. The van der Waals surface area contributed by atoms with Gasteiger partial charge in [-0.15, -0.1) is 0 Å². The lowest BCUT2D eigenvalue weighted by molar-refractivity contribution is 0.392. The molecule has 1 N–H and O–H groups in total. The fourth-order valence-corrected chi connectivity index (χ4v) is 5.17. The fraction of sp³-hybridized carbons (Fsp3) is 0.240. The number of aromatic nitrogens is 3. The lowest BCUT2D eigenvalue weighted by Crippen LogP contribution is -2.28. The van der Waals surface area contributed by atoms with Crippen LogP contribution in [0.2, 0.25) is 0 Å². The van der Waals surface area contributed by atoms with Gasteiger partial charge in [-0.25, -0.2) is 13.1 Å². The van der Waals surface area contributed by atoms with Crippen LogP contribution < -0.4 is 10.3 Å². The first-order valence-corrected chi connectivity index (χ1v) is 12.3. The topological polar surface area (TPSA) is 107 Å². The summed E-state index contributed by atoms with van der Waals surface area (Å²) >= 11 is 0. The smallest absolute Gasteiger partial charge is 0.271 e. The summed E-state index contributed by atoms with van der Waals surface area (Å²) in [6, 6.07) is 17.8. The Morgan fingerprint density at radius 1 is 1.03 bits per heavy atom. The standard InChI is InChI=1S/C25H26N4O4S/c1-16-10-11-21(22-12-13-24(30)29(27-22)25-18(3)28-33-19(25)4)14-23(16)34(31,32)26-15-17(2)20-8-6-5-7-9-20/h5-14,17,26H,15H2,1-4H3/t17-/m1/s1. The zero-order valence-electron chi connectivity index (χ0n) is 19.4. The van der Waals surface area contributed by atoms with Gasteiger partial charge in [-0.3, -0.25) is 4.79 Å². The number of nitrogens with zero attached hydrogens (tertiary/aromatic N) is 3. The summed E-state index contributed by atoms with van der Waals surface area (Å²) in [6.07, 6.45) is 0. The van der Waals surface area contributed by atoms with E-state index in [1.165, 1.54) is 10.7 Å². The second-order valence-corrected chi connectivity index (χ2v) is 10.0. The SMILES string of the molecule is Cc1ccc(-c2ccc(=O)n(-c3c(C)noc3C)n2)cc1S(=O)(=O)NC[C@@H](C)c1ccccc1. The first kappa shape index (κ1) is 23.6. The molecule has 1 atom stereocenters. The Hall–Kier alpha value is -3.56. The van der Waals surface area contributed by atoms with E-state index in [1.54, 1.807) is 45.0 Å². The minimum Gasteiger partial charge on any atom is -0.359 e. The average Bonchev–Trinajstić information content (AvgIpc) is 3.16. The molecule has 0 bridgehead atoms. The summed E-state index contributed by atoms with van der Waals surface area (Å²) in [4.78, 5) is 12.6. The van der Waals surface area contributed by atoms with Gasteiger partial charge in [0.1, 0.15) is 11.4 Å². The van der Waals surface area contributed by atoms with E-state index in [-0.39, 0.29) is 22.9 Å². The fourth-order valence-electron chi connectivity index (χ4n) is 3.77. The molecule has 2 aromatic carbocycles. The maximum absolute atomic E-state index is 13.2. The third-order valence-electron chi connectivity index (χ3n) is 5.73. The molecular weight excluding hydrogens is 452 g/mol. The zero-order chi connectivity index (χ0) is 24.5. The van der Waals surface area contributed by atoms with Crippen molar-refractivity contribution in [3.8, 4) is 16.9 Å². The zero-order valence-corrected chi connectivity index (χ0v) is 20.3. The predicted molar refractivity (Wildman–Crippen MR) is 130 cm³/mol. The summed E-state index contributed by atoms with van der Waals surface area (Å²) in [5.41, 5.74) is 3.37. The normalized spacial score (nSPS) is 12.6. The quantitative estimate of drug-likeness (QED) is 0.432. The highest BCUT2D eigenvalue weighted by atomic mass is 32.2. The lowest BCUT2D eigenvalue weighted by atomic mass is 10.0. The number of aryl methyl sites for hydroxylation is 3. The number of sulfonamides is 1. The molecule has 0 saturated heterocycles. The van der Waals surface area contributed by atoms with E-state index in [4.69, 9.17) is 4.52 Å². The van der Waals surface area contributed by atoms with Crippen LogP contribution in [0.1, 0.15) is 35.4 Å². The molecule has 0 aliphatic rings. The largest absolute Gasteiger partial charge is 0.359 e. The number of hydrogen-bond donors (Lipinski definition) is 1. The molecular formula is C25H26N4O4S. The van der Waals surface area contributed by atoms with Crippen LogP contribution in [0.5, 0.6) is 0 Å². The van der Waals surface area contributed by atoms with Gasteiger partial charge < -0.3 is 4.52 Å². The second-order valence-electron chi connectivity index (χ2n) is 8.29. The molecule has 0 saturated carbocycles. The van der Waals surface area contributed by atoms with E-state index >= 15 is 0 Å². The molecule has 0 aliphatic carbocycles. The van der Waals surface area contributed by atoms with Crippen molar-refractivity contribution in [3.05, 3.63) is 93.6 Å². The Kier molecular flexibility index (Phi) is 6.49. The molecule has 176 valence electrons. The van der Waals surface area contributed by atoms with Crippen LogP contribution in [0.3, 0.4) is 0 Å². The van der Waals surface area contributed by atoms with Gasteiger partial charge in [0.25, 0.3) is 5.56 Å². The van der Waals surface area contributed by atoms with Crippen molar-refractivity contribution >= 4 is 10.0 Å². The van der Waals surface area contributed by atoms with Gasteiger partial charge in [0.15, 0.2) is 5.76 Å². The Labute approximate surface area is 198 Å². The highest BCUT2D eigenvalue weighted by Gasteiger charge is 2.20. The third-order valence-corrected chi connectivity index (χ3v) is 7.29. The van der Waals surface area contributed by atoms with Gasteiger partial charge in [0, 0.05) is 18.2 Å². The van der Waals surface area contributed by atoms with E-state index in [1.807, 2.05) is 37.3 Å². The molecule has 0 aliphatic heterocycles. The van der Waals surface area contributed by atoms with Crippen molar-refractivity contribution in [3.63, 3.8) is 0 Å². The molecule has 0 fully saturated rings. The molecule has 0 unspecified atom stereocenters. The van der Waals surface area contributed by atoms with Crippen LogP contribution in [-0.4, -0.2) is 29.9 Å². The second kappa shape index (κ2) is 9.36. The van der Waals surface area contributed by atoms with E-state index in [0.29, 0.717) is 34.0 Å². The molecule has 4 rings (SSSR count). The summed E-state index contributed by atoms with van der Waals surface area (Å²) in [5, 5.41) is 8.35. The lowest BCUT2D eigenvalue weighted by Gasteiger charge is -2.15. The predicted octanol–water partition coefficient (Wildman–Crippen LogP) is 3.89. The van der Waals surface area contributed by atoms with Gasteiger partial charge in [-0.2, -0.15) is 9.78 Å². The first-order valence-electron chi connectivity index (χ1n) is 10.9. The van der Waals surface area contributed by atoms with E-state index in [9.17, 15) is 13.2 Å². The van der Waals surface area contributed by atoms with Gasteiger partial charge in [-0.1, -0.05) is 54.5 Å². The maximum atomic E-state index is 13.2. The Morgan fingerprint density at radius 3 is 2.44 bits per heavy atom. The molecule has 2 heterocycles. The van der Waals surface area contributed by atoms with Gasteiger partial charge >= 0.3 is 0 Å². The first-order chi connectivity index (χ1) is 16.2. The van der Waals surface area contributed by atoms with E-state index in [2.05, 4.69) is 15.0 Å². The Bertz CT molecular complexity index is 1470. The summed E-state index contributed by atoms with van der Waals surface area (Å²) < 4.78 is 35.4. The minimum absolute atomic E-state index is 0.0136. The van der Waals surface area contributed by atoms with Crippen LogP contribution in [-0.2, 0) is 10.0 Å². The monoisotopic (exact) mass is 478 g/mol. The van der Waals surface area contributed by atoms with E-state index < -0.39 is 10.0 Å². The minimum atomic E-state index is -3.77. The summed E-state index contributed by atoms with van der Waals surface area (Å²) in [6.45, 7) is 7.42. The van der Waals surface area contributed by atoms with Crippen molar-refractivity contribution in [2.75, 3.05) is 6.54 Å². The average molecular weight is 479 g/mol. The number of benzene rings is 2. The molecule has 0 spiro atoms. The molecule has 8 nitrogen and oxygen atoms in total. The van der Waals surface area contributed by atoms with Gasteiger partial charge in [0.2, 0.25) is 10.0 Å². The van der Waals surface area contributed by atoms with Crippen LogP contribution in [0.4, 0.5) is 0 Å². The molecule has 34 heavy (non-hydrogen) atoms. The van der Waals surface area contributed by atoms with Crippen molar-refractivity contribution in [1.82, 2.24) is 19.7 Å². The molecule has 9 heteroatoms. The molecule has 0 radical (unpaired) electrons. The Balaban J connectivity index is 1.66. The highest BCUT2D eigenvalue weighted by Crippen LogP contribution is 2.25. The van der Waals surface area contributed by atoms with Gasteiger partial charge in [-0.05, 0) is 49.9 Å². The van der Waals surface area contributed by atoms with Crippen LogP contribution in [0.15, 0.2) is 74.9 Å². The van der Waals surface area contributed by atoms with E-state index in [0.717, 1.165) is 5.56 Å². The van der Waals surface area contributed by atoms with Crippen molar-refractivity contribution in [2.24, 2.45) is 0 Å². The van der Waals surface area contributed by atoms with Crippen molar-refractivity contribution < 1.29 is 12.9 Å². The molecule has 0 amide bonds. The van der Waals surface area contributed by atoms with Crippen LogP contribution in [0.25, 0.3) is 16.9 Å². The van der Waals surface area contributed by atoms with Crippen LogP contribution in [0, 0.1) is 20.8 Å². The number of nitrogens with one attached hydrogen (secondary N) is 1. The highest BCUT2D eigenvalue weighted by molar-refractivity contribution is 7.89. The maximum Gasteiger partial charge on any atom is 0.271 e.